The minimum absolute atomic E-state index is 0. The fourth-order valence-electron chi connectivity index (χ4n) is 9.12. The molecule has 0 N–H and O–H groups in total. The molecule has 4 aromatic carbocycles. The quantitative estimate of drug-likeness (QED) is 0.129. The molecule has 10 heteroatoms. The van der Waals surface area contributed by atoms with E-state index >= 15 is 0 Å². The first-order valence-corrected chi connectivity index (χ1v) is 20.6. The van der Waals surface area contributed by atoms with Crippen LogP contribution in [0.3, 0.4) is 0 Å². The molecule has 10 nitrogen and oxygen atoms in total. The highest BCUT2D eigenvalue weighted by molar-refractivity contribution is 5.86. The van der Waals surface area contributed by atoms with Gasteiger partial charge in [-0.05, 0) is 61.4 Å². The summed E-state index contributed by atoms with van der Waals surface area (Å²) in [7, 11) is 0. The summed E-state index contributed by atoms with van der Waals surface area (Å²) in [4.78, 5) is 4.83. The Morgan fingerprint density at radius 3 is 0.900 bits per heavy atom. The maximum atomic E-state index is 5.99. The second kappa shape index (κ2) is 15.8. The van der Waals surface area contributed by atoms with Crippen molar-refractivity contribution in [1.82, 2.24) is 0 Å². The van der Waals surface area contributed by atoms with Crippen LogP contribution in [0.1, 0.15) is 54.4 Å². The Kier molecular flexibility index (Phi) is 10.2. The van der Waals surface area contributed by atoms with Gasteiger partial charge in [-0.15, -0.1) is 0 Å². The second-order valence-electron chi connectivity index (χ2n) is 15.4. The number of unbranched alkanes of at least 4 members (excludes halogenated alkanes) is 2. The topological polar surface area (TPSA) is 58.9 Å². The van der Waals surface area contributed by atoms with Crippen molar-refractivity contribution >= 4 is 66.9 Å². The SMILES string of the molecule is C.C.CCCCN(c1ccc2cccc3c2[n+]1CO3)c1ccc2cccc3c2[n+]1CO3.CCCCN(c1ccc2cccc3c2[n+]1CO3)c1ccc2cccc3c2[n+]1CO3. The third-order valence-electron chi connectivity index (χ3n) is 11.9. The van der Waals surface area contributed by atoms with Gasteiger partial charge in [0.05, 0.1) is 13.1 Å². The summed E-state index contributed by atoms with van der Waals surface area (Å²) in [6.07, 6.45) is 4.50. The summed E-state index contributed by atoms with van der Waals surface area (Å²) in [6, 6.07) is 42.7. The van der Waals surface area contributed by atoms with Crippen LogP contribution in [0.25, 0.3) is 43.6 Å². The largest absolute Gasteiger partial charge is 0.450 e. The number of benzene rings is 4. The van der Waals surface area contributed by atoms with Crippen molar-refractivity contribution in [3.8, 4) is 23.0 Å². The normalized spacial score (nSPS) is 13.2. The van der Waals surface area contributed by atoms with Crippen molar-refractivity contribution in [2.75, 3.05) is 22.9 Å². The standard InChI is InChI=1S/2C24H23N3O2.2CH4/c2*1-2-3-14-25(21-12-10-17-6-4-8-19-23(17)26(21)15-28-19)22-13-11-18-7-5-9-20-24(18)27(22)16-29-20;;/h2*4-13H,2-3,14-16H2,1H3;2*1H4/q2*+2;;. The summed E-state index contributed by atoms with van der Waals surface area (Å²) >= 11 is 0. The number of hydrogen-bond donors (Lipinski definition) is 0. The van der Waals surface area contributed by atoms with E-state index in [1.807, 2.05) is 0 Å². The fraction of sp³-hybridized carbons (Fsp3) is 0.280. The Hall–Kier alpha value is -6.68. The zero-order chi connectivity index (χ0) is 38.7. The smallest absolute Gasteiger partial charge is 0.288 e. The number of hydrogen-bond acceptors (Lipinski definition) is 6. The average molecular weight is 803 g/mol. The molecule has 0 fully saturated rings. The van der Waals surface area contributed by atoms with Gasteiger partial charge in [-0.25, -0.2) is 0 Å². The first kappa shape index (κ1) is 38.8. The van der Waals surface area contributed by atoms with Crippen molar-refractivity contribution in [3.63, 3.8) is 0 Å². The van der Waals surface area contributed by atoms with Gasteiger partial charge in [-0.1, -0.05) is 90.1 Å². The number of anilines is 4. The third kappa shape index (κ3) is 6.15. The van der Waals surface area contributed by atoms with Gasteiger partial charge in [-0.2, -0.15) is 28.1 Å². The summed E-state index contributed by atoms with van der Waals surface area (Å²) in [5.74, 6) is 8.46. The Balaban J connectivity index is 0.000000149. The van der Waals surface area contributed by atoms with E-state index in [9.17, 15) is 0 Å². The van der Waals surface area contributed by atoms with Crippen LogP contribution in [0, 0.1) is 0 Å². The van der Waals surface area contributed by atoms with E-state index in [1.54, 1.807) is 0 Å². The molecule has 8 heterocycles. The monoisotopic (exact) mass is 802 g/mol. The molecule has 0 unspecified atom stereocenters. The molecular formula is C50H54N6O4+4. The van der Waals surface area contributed by atoms with Gasteiger partial charge in [0.25, 0.3) is 23.3 Å². The molecule has 0 atom stereocenters. The van der Waals surface area contributed by atoms with Crippen molar-refractivity contribution in [2.45, 2.75) is 81.3 Å². The van der Waals surface area contributed by atoms with Crippen molar-refractivity contribution in [2.24, 2.45) is 0 Å². The lowest BCUT2D eigenvalue weighted by molar-refractivity contribution is -0.685. The highest BCUT2D eigenvalue weighted by Crippen LogP contribution is 2.36. The number of pyridine rings is 4. The molecule has 0 spiro atoms. The molecule has 4 aliphatic heterocycles. The van der Waals surface area contributed by atoms with E-state index in [2.05, 4.69) is 163 Å². The Morgan fingerprint density at radius 1 is 0.383 bits per heavy atom. The summed E-state index contributed by atoms with van der Waals surface area (Å²) < 4.78 is 33.1. The van der Waals surface area contributed by atoms with E-state index in [0.29, 0.717) is 26.9 Å². The lowest BCUT2D eigenvalue weighted by Crippen LogP contribution is -2.46. The summed E-state index contributed by atoms with van der Waals surface area (Å²) in [5, 5.41) is 4.84. The van der Waals surface area contributed by atoms with Crippen LogP contribution in [0.15, 0.2) is 121 Å². The predicted molar refractivity (Wildman–Crippen MR) is 236 cm³/mol. The van der Waals surface area contributed by atoms with Gasteiger partial charge >= 0.3 is 0 Å². The van der Waals surface area contributed by atoms with Crippen LogP contribution < -0.4 is 47.0 Å². The summed E-state index contributed by atoms with van der Waals surface area (Å²) in [5.41, 5.74) is 4.69. The van der Waals surface area contributed by atoms with Gasteiger partial charge in [0, 0.05) is 45.8 Å². The van der Waals surface area contributed by atoms with Crippen LogP contribution in [0.5, 0.6) is 23.0 Å². The Labute approximate surface area is 351 Å². The van der Waals surface area contributed by atoms with Crippen molar-refractivity contribution in [1.29, 1.82) is 0 Å². The molecular weight excluding hydrogens is 749 g/mol. The number of rotatable bonds is 10. The predicted octanol–water partition coefficient (Wildman–Crippen LogP) is 9.68. The Morgan fingerprint density at radius 2 is 0.650 bits per heavy atom. The maximum absolute atomic E-state index is 5.99. The molecule has 60 heavy (non-hydrogen) atoms. The van der Waals surface area contributed by atoms with E-state index in [-0.39, 0.29) is 14.9 Å². The third-order valence-corrected chi connectivity index (χ3v) is 11.9. The molecule has 0 radical (unpaired) electrons. The number of para-hydroxylation sites is 4. The molecule has 304 valence electrons. The maximum Gasteiger partial charge on any atom is 0.288 e. The van der Waals surface area contributed by atoms with Crippen molar-refractivity contribution in [3.05, 3.63) is 121 Å². The van der Waals surface area contributed by atoms with Crippen LogP contribution in [0.4, 0.5) is 23.3 Å². The minimum atomic E-state index is 0. The number of aromatic nitrogens is 4. The minimum Gasteiger partial charge on any atom is -0.450 e. The molecule has 8 aromatic rings. The zero-order valence-corrected chi connectivity index (χ0v) is 32.9. The van der Waals surface area contributed by atoms with Gasteiger partial charge in [0.2, 0.25) is 26.9 Å². The van der Waals surface area contributed by atoms with E-state index in [0.717, 1.165) is 85.0 Å². The first-order chi connectivity index (χ1) is 28.7. The molecule has 12 rings (SSSR count). The molecule has 4 aliphatic rings. The molecule has 4 aromatic heterocycles. The highest BCUT2D eigenvalue weighted by atomic mass is 16.5. The van der Waals surface area contributed by atoms with Crippen LogP contribution >= 0.6 is 0 Å². The molecule has 0 saturated carbocycles. The van der Waals surface area contributed by atoms with Gasteiger partial charge < -0.3 is 18.9 Å². The van der Waals surface area contributed by atoms with Gasteiger partial charge in [0.15, 0.2) is 45.1 Å². The van der Waals surface area contributed by atoms with Crippen LogP contribution in [-0.2, 0) is 26.9 Å². The van der Waals surface area contributed by atoms with Gasteiger partial charge in [0.1, 0.15) is 0 Å². The van der Waals surface area contributed by atoms with E-state index in [4.69, 9.17) is 18.9 Å². The lowest BCUT2D eigenvalue weighted by atomic mass is 10.2. The van der Waals surface area contributed by atoms with Crippen molar-refractivity contribution < 1.29 is 37.2 Å². The number of nitrogens with zero attached hydrogens (tertiary/aromatic N) is 6. The fourth-order valence-corrected chi connectivity index (χ4v) is 9.12. The second-order valence-corrected chi connectivity index (χ2v) is 15.4. The summed E-state index contributed by atoms with van der Waals surface area (Å²) in [6.45, 7) is 8.54. The van der Waals surface area contributed by atoms with Gasteiger partial charge in [-0.3, -0.25) is 0 Å². The molecule has 0 aliphatic carbocycles. The zero-order valence-electron chi connectivity index (χ0n) is 32.9. The molecule has 0 bridgehead atoms. The lowest BCUT2D eigenvalue weighted by Gasteiger charge is -2.18. The molecule has 0 amide bonds. The van der Waals surface area contributed by atoms with Crippen LogP contribution in [0.2, 0.25) is 0 Å². The first-order valence-electron chi connectivity index (χ1n) is 20.6. The highest BCUT2D eigenvalue weighted by Gasteiger charge is 2.36. The Bertz CT molecular complexity index is 2540. The van der Waals surface area contributed by atoms with E-state index < -0.39 is 0 Å². The van der Waals surface area contributed by atoms with E-state index in [1.165, 1.54) is 43.6 Å². The average Bonchev–Trinajstić information content (AvgIpc) is 4.10. The van der Waals surface area contributed by atoms with Crippen LogP contribution in [-0.4, -0.2) is 13.1 Å². The number of ether oxygens (including phenoxy) is 4. The molecule has 0 saturated heterocycles.